The van der Waals surface area contributed by atoms with Crippen LogP contribution in [-0.4, -0.2) is 27.7 Å². The smallest absolute Gasteiger partial charge is 0.229 e. The van der Waals surface area contributed by atoms with Gasteiger partial charge in [-0.3, -0.25) is 9.78 Å². The largest absolute Gasteiger partial charge is 0.494 e. The second-order valence-corrected chi connectivity index (χ2v) is 12.1. The number of hydrogen-bond acceptors (Lipinski definition) is 4. The number of aromatic nitrogens is 2. The predicted octanol–water partition coefficient (Wildman–Crippen LogP) is 7.31. The zero-order chi connectivity index (χ0) is 29.5. The molecule has 41 heavy (non-hydrogen) atoms. The maximum absolute atomic E-state index is 12.7. The summed E-state index contributed by atoms with van der Waals surface area (Å²) in [5.74, 6) is 0.454. The lowest BCUT2D eigenvalue weighted by atomic mass is 9.95. The number of rotatable bonds is 6. The summed E-state index contributed by atoms with van der Waals surface area (Å²) in [6, 6.07) is 21.3. The van der Waals surface area contributed by atoms with Crippen molar-refractivity contribution in [3.8, 4) is 11.4 Å². The van der Waals surface area contributed by atoms with Gasteiger partial charge in [0.25, 0.3) is 0 Å². The summed E-state index contributed by atoms with van der Waals surface area (Å²) in [5, 5.41) is 7.78. The van der Waals surface area contributed by atoms with Crippen molar-refractivity contribution in [2.45, 2.75) is 46.7 Å². The molecule has 2 atom stereocenters. The maximum Gasteiger partial charge on any atom is 0.229 e. The van der Waals surface area contributed by atoms with E-state index in [0.29, 0.717) is 21.6 Å². The topological polar surface area (TPSA) is 71.4 Å². The van der Waals surface area contributed by atoms with Crippen LogP contribution in [0.25, 0.3) is 5.69 Å². The van der Waals surface area contributed by atoms with E-state index >= 15 is 0 Å². The Morgan fingerprint density at radius 2 is 1.83 bits per heavy atom. The number of nitrogens with one attached hydrogen (secondary N) is 2. The zero-order valence-electron chi connectivity index (χ0n) is 24.0. The molecule has 0 radical (unpaired) electrons. The van der Waals surface area contributed by atoms with Crippen LogP contribution in [0.2, 0.25) is 5.02 Å². The van der Waals surface area contributed by atoms with E-state index in [1.54, 1.807) is 13.3 Å². The third-order valence-corrected chi connectivity index (χ3v) is 7.90. The molecule has 2 aromatic carbocycles. The second kappa shape index (κ2) is 11.2. The normalized spacial score (nSPS) is 17.0. The lowest BCUT2D eigenvalue weighted by Crippen LogP contribution is -2.30. The minimum Gasteiger partial charge on any atom is -0.494 e. The number of amides is 1. The fraction of sp³-hybridized carbons (Fsp3) is 0.281. The number of ether oxygens (including phenoxy) is 1. The summed E-state index contributed by atoms with van der Waals surface area (Å²) in [4.78, 5) is 19.5. The lowest BCUT2D eigenvalue weighted by molar-refractivity contribution is -0.123. The summed E-state index contributed by atoms with van der Waals surface area (Å²) in [6.07, 6.45) is 1.80. The molecule has 1 fully saturated rings. The van der Waals surface area contributed by atoms with Crippen molar-refractivity contribution in [1.29, 1.82) is 0 Å². The quantitative estimate of drug-likeness (QED) is 0.230. The van der Waals surface area contributed by atoms with Gasteiger partial charge in [0.2, 0.25) is 5.91 Å². The Kier molecular flexibility index (Phi) is 7.81. The Hall–Kier alpha value is -3.88. The molecule has 3 heterocycles. The van der Waals surface area contributed by atoms with Gasteiger partial charge in [-0.1, -0.05) is 44.5 Å². The van der Waals surface area contributed by atoms with E-state index in [2.05, 4.69) is 51.1 Å². The Morgan fingerprint density at radius 3 is 2.49 bits per heavy atom. The molecule has 9 heteroatoms. The van der Waals surface area contributed by atoms with E-state index in [1.165, 1.54) is 0 Å². The highest BCUT2D eigenvalue weighted by molar-refractivity contribution is 7.80. The molecule has 1 aliphatic heterocycles. The summed E-state index contributed by atoms with van der Waals surface area (Å²) in [6.45, 7) is 9.83. The highest BCUT2D eigenvalue weighted by Crippen LogP contribution is 2.45. The first kappa shape index (κ1) is 28.6. The van der Waals surface area contributed by atoms with Crippen LogP contribution in [0.5, 0.6) is 5.75 Å². The maximum atomic E-state index is 12.7. The predicted molar refractivity (Wildman–Crippen MR) is 169 cm³/mol. The van der Waals surface area contributed by atoms with E-state index in [9.17, 15) is 4.79 Å². The number of thiocarbonyl (C=S) groups is 1. The number of halogens is 1. The highest BCUT2D eigenvalue weighted by atomic mass is 35.5. The van der Waals surface area contributed by atoms with Gasteiger partial charge in [-0.15, -0.1) is 0 Å². The number of hydrogen-bond donors (Lipinski definition) is 2. The molecule has 2 aromatic heterocycles. The monoisotopic (exact) mass is 587 g/mol. The molecular weight excluding hydrogens is 554 g/mol. The third kappa shape index (κ3) is 5.54. The van der Waals surface area contributed by atoms with Gasteiger partial charge in [-0.2, -0.15) is 0 Å². The van der Waals surface area contributed by atoms with Crippen LogP contribution in [-0.2, 0) is 4.79 Å². The lowest BCUT2D eigenvalue weighted by Gasteiger charge is -2.29. The van der Waals surface area contributed by atoms with Crippen molar-refractivity contribution in [1.82, 2.24) is 14.9 Å². The first-order chi connectivity index (χ1) is 19.5. The van der Waals surface area contributed by atoms with Crippen molar-refractivity contribution in [2.75, 3.05) is 17.3 Å². The Balaban J connectivity index is 1.63. The first-order valence-corrected chi connectivity index (χ1v) is 14.2. The van der Waals surface area contributed by atoms with E-state index in [1.807, 2.05) is 75.4 Å². The standard InChI is InChI=1S/C32H34ClN5O2S/c1-19-16-24(20(2)37(19)22-11-9-10-21(33)17-22)29-28(26-12-7-8-15-34-26)36-31(41)38(29)23-13-14-25(27(18-23)40-6)35-30(39)32(3,4)5/h7-18,28-29H,1-6H3,(H,35,39)(H,36,41)/t28-,29+/m1/s1. The SMILES string of the molecule is COc1cc(N2C(=S)N[C@H](c3ccccn3)[C@@H]2c2cc(C)n(-c3cccc(Cl)c3)c2C)ccc1NC(=O)C(C)(C)C. The van der Waals surface area contributed by atoms with E-state index < -0.39 is 5.41 Å². The molecule has 1 saturated heterocycles. The van der Waals surface area contributed by atoms with E-state index in [0.717, 1.165) is 34.0 Å². The number of carbonyl (C=O) groups is 1. The number of pyridine rings is 1. The average Bonchev–Trinajstić information content (AvgIpc) is 3.43. The minimum absolute atomic E-state index is 0.0940. The molecule has 2 N–H and O–H groups in total. The van der Waals surface area contributed by atoms with Gasteiger partial charge in [0.1, 0.15) is 5.75 Å². The van der Waals surface area contributed by atoms with E-state index in [4.69, 9.17) is 28.6 Å². The molecule has 0 bridgehead atoms. The molecule has 4 aromatic rings. The fourth-order valence-corrected chi connectivity index (χ4v) is 5.82. The van der Waals surface area contributed by atoms with Gasteiger partial charge in [0.05, 0.1) is 30.6 Å². The molecule has 212 valence electrons. The Labute approximate surface area is 251 Å². The summed E-state index contributed by atoms with van der Waals surface area (Å²) < 4.78 is 7.94. The first-order valence-electron chi connectivity index (χ1n) is 13.4. The van der Waals surface area contributed by atoms with Gasteiger partial charge in [0, 0.05) is 45.5 Å². The molecular formula is C32H34ClN5O2S. The summed E-state index contributed by atoms with van der Waals surface area (Å²) >= 11 is 12.3. The molecule has 5 rings (SSSR count). The van der Waals surface area contributed by atoms with Crippen LogP contribution in [0.15, 0.2) is 72.9 Å². The van der Waals surface area contributed by atoms with Gasteiger partial charge < -0.3 is 24.8 Å². The fourth-order valence-electron chi connectivity index (χ4n) is 5.29. The summed E-state index contributed by atoms with van der Waals surface area (Å²) in [5.41, 5.74) is 6.04. The van der Waals surface area contributed by atoms with Gasteiger partial charge >= 0.3 is 0 Å². The number of anilines is 2. The number of benzene rings is 2. The van der Waals surface area contributed by atoms with Crippen molar-refractivity contribution in [3.05, 3.63) is 101 Å². The van der Waals surface area contributed by atoms with Crippen molar-refractivity contribution in [3.63, 3.8) is 0 Å². The molecule has 7 nitrogen and oxygen atoms in total. The molecule has 0 spiro atoms. The van der Waals surface area contributed by atoms with E-state index in [-0.39, 0.29) is 18.0 Å². The second-order valence-electron chi connectivity index (χ2n) is 11.2. The minimum atomic E-state index is -0.545. The van der Waals surface area contributed by atoms with Crippen LogP contribution >= 0.6 is 23.8 Å². The third-order valence-electron chi connectivity index (χ3n) is 7.35. The van der Waals surface area contributed by atoms with Crippen LogP contribution in [0.4, 0.5) is 11.4 Å². The van der Waals surface area contributed by atoms with Crippen LogP contribution in [0.3, 0.4) is 0 Å². The number of methoxy groups -OCH3 is 1. The number of aryl methyl sites for hydroxylation is 1. The van der Waals surface area contributed by atoms with Gasteiger partial charge in [-0.05, 0) is 80.2 Å². The number of nitrogens with zero attached hydrogens (tertiary/aromatic N) is 3. The highest BCUT2D eigenvalue weighted by Gasteiger charge is 2.42. The van der Waals surface area contributed by atoms with Crippen LogP contribution < -0.4 is 20.3 Å². The molecule has 0 saturated carbocycles. The summed E-state index contributed by atoms with van der Waals surface area (Å²) in [7, 11) is 1.60. The molecule has 1 amide bonds. The Morgan fingerprint density at radius 1 is 1.05 bits per heavy atom. The van der Waals surface area contributed by atoms with Crippen LogP contribution in [0, 0.1) is 19.3 Å². The molecule has 1 aliphatic rings. The van der Waals surface area contributed by atoms with Crippen molar-refractivity contribution in [2.24, 2.45) is 5.41 Å². The van der Waals surface area contributed by atoms with Crippen molar-refractivity contribution < 1.29 is 9.53 Å². The van der Waals surface area contributed by atoms with Crippen molar-refractivity contribution >= 4 is 46.2 Å². The van der Waals surface area contributed by atoms with Crippen LogP contribution in [0.1, 0.15) is 55.5 Å². The number of carbonyl (C=O) groups excluding carboxylic acids is 1. The van der Waals surface area contributed by atoms with Gasteiger partial charge in [-0.25, -0.2) is 0 Å². The molecule has 0 aliphatic carbocycles. The van der Waals surface area contributed by atoms with Gasteiger partial charge in [0.15, 0.2) is 5.11 Å². The average molecular weight is 588 g/mol. The molecule has 0 unspecified atom stereocenters. The Bertz CT molecular complexity index is 1610. The zero-order valence-corrected chi connectivity index (χ0v) is 25.6.